The van der Waals surface area contributed by atoms with Crippen molar-refractivity contribution < 1.29 is 14.3 Å². The van der Waals surface area contributed by atoms with Crippen LogP contribution in [-0.4, -0.2) is 18.4 Å². The van der Waals surface area contributed by atoms with Gasteiger partial charge in [0.15, 0.2) is 6.61 Å². The molecule has 25 heavy (non-hydrogen) atoms. The summed E-state index contributed by atoms with van der Waals surface area (Å²) < 4.78 is 6.37. The van der Waals surface area contributed by atoms with Crippen molar-refractivity contribution >= 4 is 33.4 Å². The molecule has 0 aliphatic carbocycles. The standard InChI is InChI=1S/C19H21BrN2O3/c1-19(2,3)13-6-9-16(15(20)10-13)25-11-17(23)22-14-7-4-12(5-8-14)18(21)24/h4-10H,11H2,1-3H3,(H2,21,24)(H,22,23). The average molecular weight is 405 g/mol. The fraction of sp³-hybridized carbons (Fsp3) is 0.263. The van der Waals surface area contributed by atoms with E-state index in [0.717, 1.165) is 4.47 Å². The second kappa shape index (κ2) is 7.70. The summed E-state index contributed by atoms with van der Waals surface area (Å²) in [5, 5.41) is 2.70. The van der Waals surface area contributed by atoms with Crippen LogP contribution in [0.15, 0.2) is 46.9 Å². The summed E-state index contributed by atoms with van der Waals surface area (Å²) in [5.41, 5.74) is 7.34. The number of halogens is 1. The van der Waals surface area contributed by atoms with Gasteiger partial charge in [-0.1, -0.05) is 26.8 Å². The molecule has 0 unspecified atom stereocenters. The summed E-state index contributed by atoms with van der Waals surface area (Å²) in [6.45, 7) is 6.27. The van der Waals surface area contributed by atoms with Crippen LogP contribution in [0.5, 0.6) is 5.75 Å². The van der Waals surface area contributed by atoms with Crippen molar-refractivity contribution in [2.45, 2.75) is 26.2 Å². The quantitative estimate of drug-likeness (QED) is 0.793. The van der Waals surface area contributed by atoms with Gasteiger partial charge in [-0.3, -0.25) is 9.59 Å². The first kappa shape index (κ1) is 19.0. The number of hydrogen-bond acceptors (Lipinski definition) is 3. The summed E-state index contributed by atoms with van der Waals surface area (Å²) in [6.07, 6.45) is 0. The van der Waals surface area contributed by atoms with Crippen molar-refractivity contribution in [3.63, 3.8) is 0 Å². The van der Waals surface area contributed by atoms with Gasteiger partial charge in [-0.25, -0.2) is 0 Å². The lowest BCUT2D eigenvalue weighted by Crippen LogP contribution is -2.20. The van der Waals surface area contributed by atoms with Crippen molar-refractivity contribution in [3.8, 4) is 5.75 Å². The van der Waals surface area contributed by atoms with E-state index in [-0.39, 0.29) is 17.9 Å². The number of carbonyl (C=O) groups is 2. The Balaban J connectivity index is 1.94. The molecule has 0 saturated heterocycles. The van der Waals surface area contributed by atoms with E-state index >= 15 is 0 Å². The molecule has 2 amide bonds. The van der Waals surface area contributed by atoms with E-state index in [1.54, 1.807) is 24.3 Å². The first-order chi connectivity index (χ1) is 11.7. The summed E-state index contributed by atoms with van der Waals surface area (Å²) in [6, 6.07) is 12.2. The summed E-state index contributed by atoms with van der Waals surface area (Å²) >= 11 is 3.48. The minimum absolute atomic E-state index is 0.0372. The van der Waals surface area contributed by atoms with Crippen LogP contribution in [0.2, 0.25) is 0 Å². The van der Waals surface area contributed by atoms with Crippen LogP contribution >= 0.6 is 15.9 Å². The number of carbonyl (C=O) groups excluding carboxylic acids is 2. The molecule has 0 aliphatic rings. The van der Waals surface area contributed by atoms with Gasteiger partial charge in [-0.05, 0) is 63.3 Å². The van der Waals surface area contributed by atoms with Gasteiger partial charge in [0.2, 0.25) is 5.91 Å². The molecule has 0 fully saturated rings. The van der Waals surface area contributed by atoms with Gasteiger partial charge in [0, 0.05) is 11.3 Å². The number of hydrogen-bond donors (Lipinski definition) is 2. The largest absolute Gasteiger partial charge is 0.483 e. The Morgan fingerprint density at radius 1 is 1.12 bits per heavy atom. The highest BCUT2D eigenvalue weighted by molar-refractivity contribution is 9.10. The van der Waals surface area contributed by atoms with Crippen LogP contribution < -0.4 is 15.8 Å². The topological polar surface area (TPSA) is 81.4 Å². The van der Waals surface area contributed by atoms with Crippen LogP contribution in [0, 0.1) is 0 Å². The van der Waals surface area contributed by atoms with Crippen molar-refractivity contribution in [2.24, 2.45) is 5.73 Å². The Morgan fingerprint density at radius 3 is 2.28 bits per heavy atom. The van der Waals surface area contributed by atoms with Crippen molar-refractivity contribution in [1.29, 1.82) is 0 Å². The number of rotatable bonds is 5. The normalized spacial score (nSPS) is 11.0. The maximum Gasteiger partial charge on any atom is 0.262 e. The van der Waals surface area contributed by atoms with E-state index in [4.69, 9.17) is 10.5 Å². The van der Waals surface area contributed by atoms with Crippen LogP contribution in [0.4, 0.5) is 5.69 Å². The molecule has 0 saturated carbocycles. The molecule has 2 aromatic carbocycles. The van der Waals surface area contributed by atoms with Crippen molar-refractivity contribution in [1.82, 2.24) is 0 Å². The van der Waals surface area contributed by atoms with Gasteiger partial charge in [0.25, 0.3) is 5.91 Å². The molecule has 0 heterocycles. The van der Waals surface area contributed by atoms with Gasteiger partial charge < -0.3 is 15.8 Å². The number of primary amides is 1. The highest BCUT2D eigenvalue weighted by Gasteiger charge is 2.15. The molecular weight excluding hydrogens is 384 g/mol. The zero-order chi connectivity index (χ0) is 18.6. The average Bonchev–Trinajstić information content (AvgIpc) is 2.53. The third-order valence-electron chi connectivity index (χ3n) is 3.61. The maximum absolute atomic E-state index is 12.0. The van der Waals surface area contributed by atoms with E-state index in [2.05, 4.69) is 42.0 Å². The zero-order valence-electron chi connectivity index (χ0n) is 14.4. The van der Waals surface area contributed by atoms with Crippen LogP contribution in [0.3, 0.4) is 0 Å². The smallest absolute Gasteiger partial charge is 0.262 e. The third-order valence-corrected chi connectivity index (χ3v) is 4.23. The molecule has 0 aliphatic heterocycles. The van der Waals surface area contributed by atoms with Gasteiger partial charge in [0.05, 0.1) is 4.47 Å². The Morgan fingerprint density at radius 2 is 1.76 bits per heavy atom. The SMILES string of the molecule is CC(C)(C)c1ccc(OCC(=O)Nc2ccc(C(N)=O)cc2)c(Br)c1. The monoisotopic (exact) mass is 404 g/mol. The van der Waals surface area contributed by atoms with Gasteiger partial charge in [-0.15, -0.1) is 0 Å². The lowest BCUT2D eigenvalue weighted by Gasteiger charge is -2.20. The fourth-order valence-corrected chi connectivity index (χ4v) is 2.64. The Kier molecular flexibility index (Phi) is 5.85. The van der Waals surface area contributed by atoms with E-state index in [9.17, 15) is 9.59 Å². The Hall–Kier alpha value is -2.34. The highest BCUT2D eigenvalue weighted by Crippen LogP contribution is 2.31. The Bertz CT molecular complexity index is 780. The second-order valence-electron chi connectivity index (χ2n) is 6.67. The molecule has 2 rings (SSSR count). The molecule has 3 N–H and O–H groups in total. The fourth-order valence-electron chi connectivity index (χ4n) is 2.14. The lowest BCUT2D eigenvalue weighted by molar-refractivity contribution is -0.118. The second-order valence-corrected chi connectivity index (χ2v) is 7.53. The molecule has 0 spiro atoms. The highest BCUT2D eigenvalue weighted by atomic mass is 79.9. The molecule has 2 aromatic rings. The zero-order valence-corrected chi connectivity index (χ0v) is 16.0. The van der Waals surface area contributed by atoms with E-state index < -0.39 is 5.91 Å². The van der Waals surface area contributed by atoms with Gasteiger partial charge >= 0.3 is 0 Å². The van der Waals surface area contributed by atoms with Crippen molar-refractivity contribution in [2.75, 3.05) is 11.9 Å². The molecular formula is C19H21BrN2O3. The van der Waals surface area contributed by atoms with Gasteiger partial charge in [-0.2, -0.15) is 0 Å². The number of benzene rings is 2. The molecule has 0 atom stereocenters. The molecule has 0 radical (unpaired) electrons. The number of nitrogens with one attached hydrogen (secondary N) is 1. The van der Waals surface area contributed by atoms with Gasteiger partial charge in [0.1, 0.15) is 5.75 Å². The number of anilines is 1. The number of amides is 2. The first-order valence-corrected chi connectivity index (χ1v) is 8.58. The molecule has 0 bridgehead atoms. The first-order valence-electron chi connectivity index (χ1n) is 7.79. The minimum Gasteiger partial charge on any atom is -0.483 e. The summed E-state index contributed by atoms with van der Waals surface area (Å²) in [7, 11) is 0. The van der Waals surface area contributed by atoms with Crippen LogP contribution in [0.25, 0.3) is 0 Å². The molecule has 6 heteroatoms. The minimum atomic E-state index is -0.509. The predicted molar refractivity (Wildman–Crippen MR) is 102 cm³/mol. The molecule has 0 aromatic heterocycles. The summed E-state index contributed by atoms with van der Waals surface area (Å²) in [4.78, 5) is 23.0. The number of nitrogens with two attached hydrogens (primary N) is 1. The number of ether oxygens (including phenoxy) is 1. The molecule has 132 valence electrons. The van der Waals surface area contributed by atoms with E-state index in [1.165, 1.54) is 5.56 Å². The lowest BCUT2D eigenvalue weighted by atomic mass is 9.87. The maximum atomic E-state index is 12.0. The van der Waals surface area contributed by atoms with Crippen LogP contribution in [-0.2, 0) is 10.2 Å². The van der Waals surface area contributed by atoms with Crippen LogP contribution in [0.1, 0.15) is 36.7 Å². The van der Waals surface area contributed by atoms with Crippen molar-refractivity contribution in [3.05, 3.63) is 58.1 Å². The van der Waals surface area contributed by atoms with E-state index in [0.29, 0.717) is 17.0 Å². The molecule has 5 nitrogen and oxygen atoms in total. The van der Waals surface area contributed by atoms with E-state index in [1.807, 2.05) is 18.2 Å². The summed E-state index contributed by atoms with van der Waals surface area (Å²) in [5.74, 6) is -0.199. The Labute approximate surface area is 155 Å². The third kappa shape index (κ3) is 5.32. The predicted octanol–water partition coefficient (Wildman–Crippen LogP) is 3.86.